The van der Waals surface area contributed by atoms with E-state index in [1.807, 2.05) is 50.2 Å². The molecule has 0 aliphatic carbocycles. The second-order valence-corrected chi connectivity index (χ2v) is 5.35. The van der Waals surface area contributed by atoms with Gasteiger partial charge >= 0.3 is 0 Å². The van der Waals surface area contributed by atoms with E-state index in [1.165, 1.54) is 0 Å². The number of pyridine rings is 1. The SMILES string of the molecule is CC(C)C(=O)Nc1ccc(-c2cc3cccnc3[nH]2)cc1. The maximum absolute atomic E-state index is 11.7. The van der Waals surface area contributed by atoms with Crippen molar-refractivity contribution in [3.63, 3.8) is 0 Å². The summed E-state index contributed by atoms with van der Waals surface area (Å²) in [7, 11) is 0. The summed E-state index contributed by atoms with van der Waals surface area (Å²) in [4.78, 5) is 19.2. The molecule has 0 saturated heterocycles. The largest absolute Gasteiger partial charge is 0.339 e. The Morgan fingerprint density at radius 2 is 1.95 bits per heavy atom. The molecule has 0 radical (unpaired) electrons. The molecule has 3 aromatic rings. The van der Waals surface area contributed by atoms with Gasteiger partial charge in [0, 0.05) is 28.9 Å². The molecule has 4 heteroatoms. The summed E-state index contributed by atoms with van der Waals surface area (Å²) in [5.74, 6) is 0.00187. The number of nitrogens with zero attached hydrogens (tertiary/aromatic N) is 1. The van der Waals surface area contributed by atoms with Crippen LogP contribution < -0.4 is 5.32 Å². The van der Waals surface area contributed by atoms with Crippen LogP contribution in [0.3, 0.4) is 0 Å². The molecule has 0 saturated carbocycles. The fourth-order valence-electron chi connectivity index (χ4n) is 2.13. The van der Waals surface area contributed by atoms with E-state index in [0.717, 1.165) is 28.0 Å². The van der Waals surface area contributed by atoms with Crippen LogP contribution in [0, 0.1) is 5.92 Å². The van der Waals surface area contributed by atoms with E-state index in [1.54, 1.807) is 6.20 Å². The molecule has 0 unspecified atom stereocenters. The molecule has 1 amide bonds. The van der Waals surface area contributed by atoms with Crippen LogP contribution in [0.5, 0.6) is 0 Å². The van der Waals surface area contributed by atoms with Crippen molar-refractivity contribution in [1.82, 2.24) is 9.97 Å². The zero-order valence-electron chi connectivity index (χ0n) is 12.1. The normalized spacial score (nSPS) is 11.0. The van der Waals surface area contributed by atoms with Crippen molar-refractivity contribution in [2.45, 2.75) is 13.8 Å². The molecule has 21 heavy (non-hydrogen) atoms. The summed E-state index contributed by atoms with van der Waals surface area (Å²) in [6, 6.07) is 13.8. The van der Waals surface area contributed by atoms with Gasteiger partial charge < -0.3 is 10.3 Å². The Balaban J connectivity index is 1.85. The van der Waals surface area contributed by atoms with E-state index < -0.39 is 0 Å². The highest BCUT2D eigenvalue weighted by Crippen LogP contribution is 2.24. The van der Waals surface area contributed by atoms with Crippen LogP contribution in [0.1, 0.15) is 13.8 Å². The predicted octanol–water partition coefficient (Wildman–Crippen LogP) is 3.82. The van der Waals surface area contributed by atoms with E-state index in [-0.39, 0.29) is 11.8 Å². The van der Waals surface area contributed by atoms with Gasteiger partial charge in [-0.1, -0.05) is 26.0 Å². The average molecular weight is 279 g/mol. The number of nitrogens with one attached hydrogen (secondary N) is 2. The number of hydrogen-bond acceptors (Lipinski definition) is 2. The van der Waals surface area contributed by atoms with Crippen LogP contribution in [0.4, 0.5) is 5.69 Å². The fraction of sp³-hybridized carbons (Fsp3) is 0.176. The van der Waals surface area contributed by atoms with Crippen molar-refractivity contribution >= 4 is 22.6 Å². The van der Waals surface area contributed by atoms with Gasteiger partial charge in [0.15, 0.2) is 0 Å². The summed E-state index contributed by atoms with van der Waals surface area (Å²) < 4.78 is 0. The Morgan fingerprint density at radius 3 is 2.62 bits per heavy atom. The lowest BCUT2D eigenvalue weighted by Crippen LogP contribution is -2.17. The van der Waals surface area contributed by atoms with Crippen molar-refractivity contribution in [3.05, 3.63) is 48.7 Å². The molecule has 4 nitrogen and oxygen atoms in total. The van der Waals surface area contributed by atoms with Crippen LogP contribution in [0.25, 0.3) is 22.3 Å². The number of aromatic amines is 1. The van der Waals surface area contributed by atoms with Gasteiger partial charge in [0.1, 0.15) is 5.65 Å². The summed E-state index contributed by atoms with van der Waals surface area (Å²) in [5, 5.41) is 3.97. The molecule has 106 valence electrons. The average Bonchev–Trinajstić information content (AvgIpc) is 2.91. The fourth-order valence-corrected chi connectivity index (χ4v) is 2.13. The van der Waals surface area contributed by atoms with Crippen LogP contribution in [0.2, 0.25) is 0 Å². The Kier molecular flexibility index (Phi) is 3.44. The Morgan fingerprint density at radius 1 is 1.19 bits per heavy atom. The molecular weight excluding hydrogens is 262 g/mol. The number of anilines is 1. The molecule has 2 heterocycles. The van der Waals surface area contributed by atoms with Crippen LogP contribution >= 0.6 is 0 Å². The highest BCUT2D eigenvalue weighted by Gasteiger charge is 2.08. The Bertz CT molecular complexity index is 739. The molecule has 2 aromatic heterocycles. The minimum absolute atomic E-state index is 0.0237. The lowest BCUT2D eigenvalue weighted by molar-refractivity contribution is -0.118. The van der Waals surface area contributed by atoms with E-state index in [4.69, 9.17) is 0 Å². The standard InChI is InChI=1S/C17H17N3O/c1-11(2)17(21)19-14-7-5-12(6-8-14)15-10-13-4-3-9-18-16(13)20-15/h3-11H,1-2H3,(H,18,20)(H,19,21). The summed E-state index contributed by atoms with van der Waals surface area (Å²) in [6.45, 7) is 3.75. The van der Waals surface area contributed by atoms with Gasteiger partial charge in [-0.2, -0.15) is 0 Å². The van der Waals surface area contributed by atoms with E-state index in [2.05, 4.69) is 21.4 Å². The van der Waals surface area contributed by atoms with Crippen molar-refractivity contribution in [2.24, 2.45) is 5.92 Å². The maximum Gasteiger partial charge on any atom is 0.226 e. The Labute approximate surface area is 123 Å². The van der Waals surface area contributed by atoms with E-state index in [9.17, 15) is 4.79 Å². The summed E-state index contributed by atoms with van der Waals surface area (Å²) in [6.07, 6.45) is 1.77. The van der Waals surface area contributed by atoms with Gasteiger partial charge in [-0.15, -0.1) is 0 Å². The molecular formula is C17H17N3O. The third kappa shape index (κ3) is 2.79. The number of rotatable bonds is 3. The lowest BCUT2D eigenvalue weighted by atomic mass is 10.1. The van der Waals surface area contributed by atoms with Gasteiger partial charge in [-0.3, -0.25) is 4.79 Å². The van der Waals surface area contributed by atoms with Crippen molar-refractivity contribution in [2.75, 3.05) is 5.32 Å². The number of amides is 1. The molecule has 0 atom stereocenters. The number of H-pyrrole nitrogens is 1. The molecule has 1 aromatic carbocycles. The molecule has 2 N–H and O–H groups in total. The zero-order valence-corrected chi connectivity index (χ0v) is 12.1. The van der Waals surface area contributed by atoms with Crippen LogP contribution in [-0.2, 0) is 4.79 Å². The van der Waals surface area contributed by atoms with E-state index in [0.29, 0.717) is 0 Å². The number of fused-ring (bicyclic) bond motifs is 1. The monoisotopic (exact) mass is 279 g/mol. The Hall–Kier alpha value is -2.62. The predicted molar refractivity (Wildman–Crippen MR) is 85.0 cm³/mol. The van der Waals surface area contributed by atoms with Gasteiger partial charge in [-0.25, -0.2) is 4.98 Å². The number of hydrogen-bond donors (Lipinski definition) is 2. The summed E-state index contributed by atoms with van der Waals surface area (Å²) >= 11 is 0. The molecule has 0 bridgehead atoms. The van der Waals surface area contributed by atoms with Gasteiger partial charge in [0.25, 0.3) is 0 Å². The molecule has 0 aliphatic rings. The first kappa shape index (κ1) is 13.4. The molecule has 3 rings (SSSR count). The highest BCUT2D eigenvalue weighted by molar-refractivity contribution is 5.92. The topological polar surface area (TPSA) is 57.8 Å². The molecule has 0 spiro atoms. The first-order chi connectivity index (χ1) is 10.1. The number of benzene rings is 1. The number of aromatic nitrogens is 2. The minimum atomic E-state index is -0.0237. The molecule has 0 aliphatic heterocycles. The van der Waals surface area contributed by atoms with Crippen LogP contribution in [-0.4, -0.2) is 15.9 Å². The first-order valence-corrected chi connectivity index (χ1v) is 6.98. The van der Waals surface area contributed by atoms with Gasteiger partial charge in [0.05, 0.1) is 0 Å². The molecule has 0 fully saturated rings. The first-order valence-electron chi connectivity index (χ1n) is 6.98. The number of carbonyl (C=O) groups is 1. The maximum atomic E-state index is 11.7. The van der Waals surface area contributed by atoms with Crippen LogP contribution in [0.15, 0.2) is 48.7 Å². The second-order valence-electron chi connectivity index (χ2n) is 5.35. The smallest absolute Gasteiger partial charge is 0.226 e. The van der Waals surface area contributed by atoms with Gasteiger partial charge in [-0.05, 0) is 35.9 Å². The number of carbonyl (C=O) groups excluding carboxylic acids is 1. The van der Waals surface area contributed by atoms with E-state index >= 15 is 0 Å². The van der Waals surface area contributed by atoms with Crippen molar-refractivity contribution in [3.8, 4) is 11.3 Å². The van der Waals surface area contributed by atoms with Gasteiger partial charge in [0.2, 0.25) is 5.91 Å². The van der Waals surface area contributed by atoms with Crippen molar-refractivity contribution < 1.29 is 4.79 Å². The minimum Gasteiger partial charge on any atom is -0.339 e. The zero-order chi connectivity index (χ0) is 14.8. The summed E-state index contributed by atoms with van der Waals surface area (Å²) in [5.41, 5.74) is 3.78. The lowest BCUT2D eigenvalue weighted by Gasteiger charge is -2.08. The highest BCUT2D eigenvalue weighted by atomic mass is 16.1. The van der Waals surface area contributed by atoms with Crippen molar-refractivity contribution in [1.29, 1.82) is 0 Å². The quantitative estimate of drug-likeness (QED) is 0.765. The second kappa shape index (κ2) is 5.40. The third-order valence-corrected chi connectivity index (χ3v) is 3.38. The third-order valence-electron chi connectivity index (χ3n) is 3.38.